The van der Waals surface area contributed by atoms with E-state index in [4.69, 9.17) is 4.52 Å². The van der Waals surface area contributed by atoms with E-state index in [-0.39, 0.29) is 17.5 Å². The zero-order chi connectivity index (χ0) is 14.5. The number of aryl methyl sites for hydroxylation is 1. The fourth-order valence-corrected chi connectivity index (χ4v) is 4.13. The molecule has 1 heterocycles. The first-order valence-corrected chi connectivity index (χ1v) is 7.33. The summed E-state index contributed by atoms with van der Waals surface area (Å²) in [4.78, 5) is 12.1. The van der Waals surface area contributed by atoms with E-state index in [1.807, 2.05) is 6.92 Å². The van der Waals surface area contributed by atoms with Gasteiger partial charge in [-0.25, -0.2) is 4.79 Å². The molecule has 2 aliphatic rings. The molecule has 2 aliphatic carbocycles. The molecule has 0 aromatic carbocycles. The van der Waals surface area contributed by atoms with E-state index in [1.54, 1.807) is 0 Å². The van der Waals surface area contributed by atoms with Crippen molar-refractivity contribution in [1.82, 2.24) is 10.5 Å². The molecule has 110 valence electrons. The van der Waals surface area contributed by atoms with Crippen LogP contribution in [0.5, 0.6) is 0 Å². The highest BCUT2D eigenvalue weighted by Crippen LogP contribution is 2.65. The summed E-state index contributed by atoms with van der Waals surface area (Å²) in [6.45, 7) is 8.85. The lowest BCUT2D eigenvalue weighted by molar-refractivity contribution is 0.125. The highest BCUT2D eigenvalue weighted by atomic mass is 16.5. The third-order valence-electron chi connectivity index (χ3n) is 6.08. The highest BCUT2D eigenvalue weighted by molar-refractivity contribution is 5.89. The van der Waals surface area contributed by atoms with Gasteiger partial charge in [-0.2, -0.15) is 0 Å². The number of anilines is 1. The molecule has 5 nitrogen and oxygen atoms in total. The lowest BCUT2D eigenvalue weighted by atomic mass is 9.69. The molecule has 2 N–H and O–H groups in total. The molecule has 2 bridgehead atoms. The zero-order valence-electron chi connectivity index (χ0n) is 12.6. The molecular formula is C15H23N3O2. The second-order valence-corrected chi connectivity index (χ2v) is 7.11. The number of nitrogens with zero attached hydrogens (tertiary/aromatic N) is 1. The summed E-state index contributed by atoms with van der Waals surface area (Å²) in [5, 5.41) is 9.68. The summed E-state index contributed by atoms with van der Waals surface area (Å²) >= 11 is 0. The van der Waals surface area contributed by atoms with E-state index < -0.39 is 0 Å². The van der Waals surface area contributed by atoms with Crippen molar-refractivity contribution in [3.05, 3.63) is 11.8 Å². The molecule has 2 fully saturated rings. The predicted molar refractivity (Wildman–Crippen MR) is 76.4 cm³/mol. The number of urea groups is 1. The van der Waals surface area contributed by atoms with Gasteiger partial charge >= 0.3 is 6.03 Å². The van der Waals surface area contributed by atoms with Crippen LogP contribution in [0.25, 0.3) is 0 Å². The fraction of sp³-hybridized carbons (Fsp3) is 0.733. The number of rotatable bonds is 2. The molecule has 3 atom stereocenters. The molecule has 1 aromatic rings. The van der Waals surface area contributed by atoms with E-state index in [0.717, 1.165) is 12.0 Å². The number of nitrogens with one attached hydrogen (secondary N) is 2. The van der Waals surface area contributed by atoms with Crippen molar-refractivity contribution in [1.29, 1.82) is 0 Å². The number of carbonyl (C=O) groups excluding carboxylic acids is 1. The highest BCUT2D eigenvalue weighted by Gasteiger charge is 2.61. The summed E-state index contributed by atoms with van der Waals surface area (Å²) in [5.74, 6) is 1.21. The first-order valence-electron chi connectivity index (χ1n) is 7.33. The largest absolute Gasteiger partial charge is 0.362 e. The topological polar surface area (TPSA) is 67.2 Å². The normalized spacial score (nSPS) is 34.2. The van der Waals surface area contributed by atoms with Crippen LogP contribution in [0.4, 0.5) is 10.6 Å². The quantitative estimate of drug-likeness (QED) is 0.871. The molecular weight excluding hydrogens is 254 g/mol. The summed E-state index contributed by atoms with van der Waals surface area (Å²) in [5.41, 5.74) is 1.32. The molecule has 2 amide bonds. The number of aromatic nitrogens is 1. The van der Waals surface area contributed by atoms with Gasteiger partial charge in [0, 0.05) is 11.6 Å². The molecule has 2 saturated carbocycles. The smallest absolute Gasteiger partial charge is 0.320 e. The van der Waals surface area contributed by atoms with Gasteiger partial charge in [0.1, 0.15) is 6.26 Å². The maximum absolute atomic E-state index is 12.1. The van der Waals surface area contributed by atoms with Gasteiger partial charge in [-0.15, -0.1) is 0 Å². The van der Waals surface area contributed by atoms with Gasteiger partial charge in [0.2, 0.25) is 0 Å². The van der Waals surface area contributed by atoms with Crippen LogP contribution in [0.2, 0.25) is 0 Å². The molecule has 0 unspecified atom stereocenters. The number of fused-ring (bicyclic) bond motifs is 2. The van der Waals surface area contributed by atoms with Crippen LogP contribution in [0.3, 0.4) is 0 Å². The number of amides is 2. The Balaban J connectivity index is 1.68. The van der Waals surface area contributed by atoms with E-state index in [1.165, 1.54) is 19.1 Å². The Morgan fingerprint density at radius 3 is 2.70 bits per heavy atom. The maximum atomic E-state index is 12.1. The van der Waals surface area contributed by atoms with Crippen molar-refractivity contribution in [3.63, 3.8) is 0 Å². The van der Waals surface area contributed by atoms with Gasteiger partial charge in [-0.3, -0.25) is 5.32 Å². The SMILES string of the molecule is Cc1conc1NC(=O)N[C@@H]1C[C@H]2CC[C@@]1(C)C2(C)C. The van der Waals surface area contributed by atoms with Gasteiger partial charge in [0.05, 0.1) is 0 Å². The first-order chi connectivity index (χ1) is 9.34. The summed E-state index contributed by atoms with van der Waals surface area (Å²) < 4.78 is 4.83. The van der Waals surface area contributed by atoms with Gasteiger partial charge in [-0.05, 0) is 42.9 Å². The average Bonchev–Trinajstić information content (AvgIpc) is 2.91. The summed E-state index contributed by atoms with van der Waals surface area (Å²) in [7, 11) is 0. The predicted octanol–water partition coefficient (Wildman–Crippen LogP) is 3.32. The lowest BCUT2D eigenvalue weighted by Crippen LogP contribution is -2.48. The monoisotopic (exact) mass is 277 g/mol. The van der Waals surface area contributed by atoms with Crippen molar-refractivity contribution in [3.8, 4) is 0 Å². The molecule has 0 saturated heterocycles. The molecule has 0 spiro atoms. The van der Waals surface area contributed by atoms with Gasteiger partial charge in [-0.1, -0.05) is 25.9 Å². The van der Waals surface area contributed by atoms with Crippen LogP contribution in [-0.4, -0.2) is 17.2 Å². The van der Waals surface area contributed by atoms with Gasteiger partial charge in [0.15, 0.2) is 5.82 Å². The Morgan fingerprint density at radius 1 is 1.45 bits per heavy atom. The number of hydrogen-bond acceptors (Lipinski definition) is 3. The van der Waals surface area contributed by atoms with Crippen LogP contribution in [-0.2, 0) is 0 Å². The molecule has 0 radical (unpaired) electrons. The van der Waals surface area contributed by atoms with Crippen LogP contribution in [0.15, 0.2) is 10.8 Å². The first kappa shape index (κ1) is 13.5. The zero-order valence-corrected chi connectivity index (χ0v) is 12.6. The summed E-state index contributed by atoms with van der Waals surface area (Å²) in [6, 6.07) is 0.0556. The number of carbonyl (C=O) groups is 1. The van der Waals surface area contributed by atoms with Crippen LogP contribution >= 0.6 is 0 Å². The maximum Gasteiger partial charge on any atom is 0.320 e. The van der Waals surface area contributed by atoms with Crippen molar-refractivity contribution in [2.24, 2.45) is 16.7 Å². The van der Waals surface area contributed by atoms with Gasteiger partial charge < -0.3 is 9.84 Å². The second kappa shape index (κ2) is 4.24. The minimum Gasteiger partial charge on any atom is -0.362 e. The lowest BCUT2D eigenvalue weighted by Gasteiger charge is -2.39. The third-order valence-corrected chi connectivity index (χ3v) is 6.08. The van der Waals surface area contributed by atoms with Crippen LogP contribution in [0, 0.1) is 23.7 Å². The Kier molecular flexibility index (Phi) is 2.85. The molecule has 0 aliphatic heterocycles. The Morgan fingerprint density at radius 2 is 2.20 bits per heavy atom. The third kappa shape index (κ3) is 1.75. The number of hydrogen-bond donors (Lipinski definition) is 2. The summed E-state index contributed by atoms with van der Waals surface area (Å²) in [6.07, 6.45) is 5.08. The fourth-order valence-electron chi connectivity index (χ4n) is 4.13. The minimum absolute atomic E-state index is 0.184. The second-order valence-electron chi connectivity index (χ2n) is 7.11. The Bertz CT molecular complexity index is 537. The van der Waals surface area contributed by atoms with E-state index in [2.05, 4.69) is 36.6 Å². The van der Waals surface area contributed by atoms with E-state index >= 15 is 0 Å². The Hall–Kier alpha value is -1.52. The van der Waals surface area contributed by atoms with Crippen LogP contribution in [0.1, 0.15) is 45.6 Å². The molecule has 3 rings (SSSR count). The van der Waals surface area contributed by atoms with Crippen molar-refractivity contribution >= 4 is 11.8 Å². The Labute approximate surface area is 119 Å². The molecule has 5 heteroatoms. The minimum atomic E-state index is -0.184. The van der Waals surface area contributed by atoms with Crippen molar-refractivity contribution < 1.29 is 9.32 Å². The van der Waals surface area contributed by atoms with E-state index in [0.29, 0.717) is 17.2 Å². The van der Waals surface area contributed by atoms with Crippen molar-refractivity contribution in [2.75, 3.05) is 5.32 Å². The average molecular weight is 277 g/mol. The molecule has 1 aromatic heterocycles. The standard InChI is InChI=1S/C15H23N3O2/c1-9-8-20-18-12(9)17-13(19)16-11-7-10-5-6-15(11,4)14(10,2)3/h8,10-11H,5-7H2,1-4H3,(H2,16,17,18,19)/t10-,11-,15-/m1/s1. The van der Waals surface area contributed by atoms with E-state index in [9.17, 15) is 4.79 Å². The van der Waals surface area contributed by atoms with Gasteiger partial charge in [0.25, 0.3) is 0 Å². The van der Waals surface area contributed by atoms with Crippen LogP contribution < -0.4 is 10.6 Å². The molecule has 20 heavy (non-hydrogen) atoms. The van der Waals surface area contributed by atoms with Crippen molar-refractivity contribution in [2.45, 2.75) is 53.0 Å².